The third-order valence-corrected chi connectivity index (χ3v) is 6.07. The Balaban J connectivity index is 1.77. The van der Waals surface area contributed by atoms with Crippen molar-refractivity contribution >= 4 is 22.8 Å². The molecule has 1 aromatic heterocycles. The molecule has 0 fully saturated rings. The number of hydrogen-bond acceptors (Lipinski definition) is 4. The summed E-state index contributed by atoms with van der Waals surface area (Å²) < 4.78 is 6.33. The molecule has 1 aliphatic rings. The first-order valence-corrected chi connectivity index (χ1v) is 11.1. The topological polar surface area (TPSA) is 39.9 Å². The van der Waals surface area contributed by atoms with Crippen LogP contribution >= 0.6 is 11.8 Å². The van der Waals surface area contributed by atoms with Gasteiger partial charge in [-0.05, 0) is 52.5 Å². The van der Waals surface area contributed by atoms with Crippen molar-refractivity contribution in [1.29, 1.82) is 0 Å². The SMILES string of the molecule is CC(C)(C)CC(C)(C)c1ccc(OC2CC=CS2)c(-n2nc3ccccc3n2)c1. The summed E-state index contributed by atoms with van der Waals surface area (Å²) in [5.41, 5.74) is 4.31. The molecule has 5 heteroatoms. The minimum absolute atomic E-state index is 0.0295. The lowest BCUT2D eigenvalue weighted by atomic mass is 9.72. The lowest BCUT2D eigenvalue weighted by Gasteiger charge is -2.33. The molecule has 4 rings (SSSR count). The van der Waals surface area contributed by atoms with Gasteiger partial charge < -0.3 is 4.74 Å². The van der Waals surface area contributed by atoms with Crippen LogP contribution in [0.5, 0.6) is 5.75 Å². The van der Waals surface area contributed by atoms with E-state index in [9.17, 15) is 0 Å². The van der Waals surface area contributed by atoms with Crippen LogP contribution in [-0.4, -0.2) is 20.4 Å². The Morgan fingerprint density at radius 1 is 1.03 bits per heavy atom. The Bertz CT molecular complexity index is 1000. The zero-order valence-electron chi connectivity index (χ0n) is 17.8. The maximum Gasteiger partial charge on any atom is 0.151 e. The van der Waals surface area contributed by atoms with Gasteiger partial charge in [0.15, 0.2) is 5.44 Å². The molecular formula is C24H29N3OS. The fraction of sp³-hybridized carbons (Fsp3) is 0.417. The van der Waals surface area contributed by atoms with Gasteiger partial charge in [0.05, 0.1) is 0 Å². The molecule has 1 atom stereocenters. The lowest BCUT2D eigenvalue weighted by molar-refractivity contribution is 0.281. The minimum Gasteiger partial charge on any atom is -0.477 e. The summed E-state index contributed by atoms with van der Waals surface area (Å²) in [5, 5.41) is 11.5. The molecule has 3 aromatic rings. The van der Waals surface area contributed by atoms with Gasteiger partial charge in [-0.1, -0.05) is 70.7 Å². The Morgan fingerprint density at radius 2 is 1.72 bits per heavy atom. The van der Waals surface area contributed by atoms with E-state index < -0.39 is 0 Å². The summed E-state index contributed by atoms with van der Waals surface area (Å²) in [7, 11) is 0. The normalized spacial score (nSPS) is 17.2. The molecule has 0 radical (unpaired) electrons. The Kier molecular flexibility index (Phi) is 5.19. The third kappa shape index (κ3) is 4.50. The molecule has 0 amide bonds. The maximum absolute atomic E-state index is 6.33. The number of aromatic nitrogens is 3. The number of ether oxygens (including phenoxy) is 1. The van der Waals surface area contributed by atoms with Gasteiger partial charge >= 0.3 is 0 Å². The van der Waals surface area contributed by atoms with Crippen LogP contribution in [0.2, 0.25) is 0 Å². The molecule has 0 N–H and O–H groups in total. The van der Waals surface area contributed by atoms with Crippen LogP contribution in [0.3, 0.4) is 0 Å². The summed E-state index contributed by atoms with van der Waals surface area (Å²) in [6.45, 7) is 11.5. The molecule has 152 valence electrons. The molecule has 1 aliphatic heterocycles. The second-order valence-corrected chi connectivity index (χ2v) is 10.6. The van der Waals surface area contributed by atoms with E-state index in [2.05, 4.69) is 64.3 Å². The Hall–Kier alpha value is -2.27. The van der Waals surface area contributed by atoms with Crippen molar-refractivity contribution in [3.63, 3.8) is 0 Å². The number of benzene rings is 2. The van der Waals surface area contributed by atoms with Gasteiger partial charge in [0.1, 0.15) is 22.5 Å². The average Bonchev–Trinajstić information content (AvgIpc) is 3.29. The highest BCUT2D eigenvalue weighted by molar-refractivity contribution is 8.02. The fourth-order valence-corrected chi connectivity index (χ4v) is 4.95. The van der Waals surface area contributed by atoms with Crippen molar-refractivity contribution in [3.05, 3.63) is 59.5 Å². The van der Waals surface area contributed by atoms with E-state index in [-0.39, 0.29) is 16.3 Å². The summed E-state index contributed by atoms with van der Waals surface area (Å²) in [6.07, 6.45) is 4.14. The first-order valence-electron chi connectivity index (χ1n) is 10.2. The van der Waals surface area contributed by atoms with Crippen LogP contribution in [0.25, 0.3) is 16.7 Å². The van der Waals surface area contributed by atoms with Crippen LogP contribution in [0.1, 0.15) is 53.0 Å². The van der Waals surface area contributed by atoms with Gasteiger partial charge in [0.2, 0.25) is 0 Å². The molecule has 0 bridgehead atoms. The summed E-state index contributed by atoms with van der Waals surface area (Å²) in [5.74, 6) is 0.821. The van der Waals surface area contributed by atoms with Gasteiger partial charge in [-0.3, -0.25) is 0 Å². The first-order chi connectivity index (χ1) is 13.7. The highest BCUT2D eigenvalue weighted by atomic mass is 32.2. The van der Waals surface area contributed by atoms with Crippen LogP contribution < -0.4 is 4.74 Å². The van der Waals surface area contributed by atoms with Crippen molar-refractivity contribution in [2.75, 3.05) is 0 Å². The van der Waals surface area contributed by atoms with Gasteiger partial charge in [0, 0.05) is 6.42 Å². The highest BCUT2D eigenvalue weighted by Gasteiger charge is 2.29. The lowest BCUT2D eigenvalue weighted by Crippen LogP contribution is -2.25. The van der Waals surface area contributed by atoms with Crippen molar-refractivity contribution in [2.24, 2.45) is 5.41 Å². The molecule has 0 spiro atoms. The molecule has 1 unspecified atom stereocenters. The summed E-state index contributed by atoms with van der Waals surface area (Å²) in [4.78, 5) is 1.73. The number of fused-ring (bicyclic) bond motifs is 1. The molecule has 4 nitrogen and oxygen atoms in total. The average molecular weight is 408 g/mol. The van der Waals surface area contributed by atoms with E-state index >= 15 is 0 Å². The Labute approximate surface area is 177 Å². The fourth-order valence-electron chi connectivity index (χ4n) is 4.17. The van der Waals surface area contributed by atoms with Gasteiger partial charge in [-0.25, -0.2) is 0 Å². The molecule has 2 heterocycles. The largest absolute Gasteiger partial charge is 0.477 e. The number of nitrogens with zero attached hydrogens (tertiary/aromatic N) is 3. The van der Waals surface area contributed by atoms with E-state index in [0.29, 0.717) is 0 Å². The monoisotopic (exact) mass is 407 g/mol. The smallest absolute Gasteiger partial charge is 0.151 e. The van der Waals surface area contributed by atoms with Gasteiger partial charge in [0.25, 0.3) is 0 Å². The predicted molar refractivity (Wildman–Crippen MR) is 122 cm³/mol. The molecule has 0 aliphatic carbocycles. The van der Waals surface area contributed by atoms with E-state index in [1.165, 1.54) is 5.56 Å². The quantitative estimate of drug-likeness (QED) is 0.485. The highest BCUT2D eigenvalue weighted by Crippen LogP contribution is 2.39. The van der Waals surface area contributed by atoms with Gasteiger partial charge in [-0.2, -0.15) is 0 Å². The standard InChI is InChI=1S/C24H29N3OS/c1-23(2,3)16-24(4,5)17-12-13-21(28-22-11-8-14-29-22)20(15-17)27-25-18-9-6-7-10-19(18)26-27/h6-10,12-15,22H,11,16H2,1-5H3. The molecule has 0 saturated carbocycles. The third-order valence-electron chi connectivity index (χ3n) is 5.13. The van der Waals surface area contributed by atoms with E-state index in [1.807, 2.05) is 24.3 Å². The van der Waals surface area contributed by atoms with Crippen LogP contribution in [0, 0.1) is 5.41 Å². The van der Waals surface area contributed by atoms with Crippen molar-refractivity contribution < 1.29 is 4.74 Å². The number of thioether (sulfide) groups is 1. The van der Waals surface area contributed by atoms with Crippen molar-refractivity contribution in [2.45, 2.75) is 58.3 Å². The van der Waals surface area contributed by atoms with Crippen LogP contribution in [0.4, 0.5) is 0 Å². The zero-order chi connectivity index (χ0) is 20.6. The van der Waals surface area contributed by atoms with Crippen LogP contribution in [0.15, 0.2) is 53.9 Å². The van der Waals surface area contributed by atoms with Gasteiger partial charge in [-0.15, -0.1) is 15.0 Å². The molecule has 29 heavy (non-hydrogen) atoms. The molecule has 0 saturated heterocycles. The van der Waals surface area contributed by atoms with E-state index in [1.54, 1.807) is 16.6 Å². The Morgan fingerprint density at radius 3 is 2.31 bits per heavy atom. The predicted octanol–water partition coefficient (Wildman–Crippen LogP) is 6.49. The molecule has 2 aromatic carbocycles. The van der Waals surface area contributed by atoms with E-state index in [0.717, 1.165) is 35.3 Å². The van der Waals surface area contributed by atoms with Crippen LogP contribution in [-0.2, 0) is 5.41 Å². The summed E-state index contributed by atoms with van der Waals surface area (Å²) in [6, 6.07) is 14.4. The molecular weight excluding hydrogens is 378 g/mol. The summed E-state index contributed by atoms with van der Waals surface area (Å²) >= 11 is 1.71. The maximum atomic E-state index is 6.33. The first kappa shape index (κ1) is 20.0. The number of rotatable bonds is 5. The van der Waals surface area contributed by atoms with E-state index in [4.69, 9.17) is 14.9 Å². The minimum atomic E-state index is 0.0295. The number of hydrogen-bond donors (Lipinski definition) is 0. The van der Waals surface area contributed by atoms with Crippen molar-refractivity contribution in [1.82, 2.24) is 15.0 Å². The second kappa shape index (κ2) is 7.52. The van der Waals surface area contributed by atoms with Crippen molar-refractivity contribution in [3.8, 4) is 11.4 Å². The zero-order valence-corrected chi connectivity index (χ0v) is 18.7. The second-order valence-electron chi connectivity index (χ2n) is 9.57.